The molecule has 0 amide bonds. The first-order valence-corrected chi connectivity index (χ1v) is 7.54. The van der Waals surface area contributed by atoms with Crippen LogP contribution < -0.4 is 0 Å². The molecule has 0 radical (unpaired) electrons. The lowest BCUT2D eigenvalue weighted by Gasteiger charge is -2.16. The predicted octanol–water partition coefficient (Wildman–Crippen LogP) is 3.79. The number of benzene rings is 2. The summed E-state index contributed by atoms with van der Waals surface area (Å²) in [5.41, 5.74) is 4.73. The van der Waals surface area contributed by atoms with E-state index in [1.165, 1.54) is 24.0 Å². The molecule has 0 atom stereocenters. The molecule has 0 spiro atoms. The summed E-state index contributed by atoms with van der Waals surface area (Å²) in [6, 6.07) is 15.0. The third kappa shape index (κ3) is 3.17. The van der Waals surface area contributed by atoms with Gasteiger partial charge in [-0.05, 0) is 66.6 Å². The van der Waals surface area contributed by atoms with Crippen LogP contribution in [-0.4, -0.2) is 5.97 Å². The summed E-state index contributed by atoms with van der Waals surface area (Å²) in [6.07, 6.45) is 4.58. The Balaban J connectivity index is 1.65. The zero-order valence-corrected chi connectivity index (χ0v) is 12.3. The molecule has 0 saturated heterocycles. The van der Waals surface area contributed by atoms with Crippen molar-refractivity contribution in [2.24, 2.45) is 0 Å². The fourth-order valence-electron chi connectivity index (χ4n) is 2.77. The number of fused-ring (bicyclic) bond motifs is 1. The van der Waals surface area contributed by atoms with Gasteiger partial charge in [-0.2, -0.15) is 5.26 Å². The number of hydrogen-bond donors (Lipinski definition) is 0. The Bertz CT molecular complexity index is 726. The number of ether oxygens (including phenoxy) is 1. The van der Waals surface area contributed by atoms with Gasteiger partial charge in [0, 0.05) is 0 Å². The van der Waals surface area contributed by atoms with Crippen LogP contribution in [0.2, 0.25) is 0 Å². The molecule has 3 rings (SSSR count). The third-order valence-corrected chi connectivity index (χ3v) is 4.04. The molecule has 22 heavy (non-hydrogen) atoms. The van der Waals surface area contributed by atoms with Crippen LogP contribution in [0.5, 0.6) is 0 Å². The first kappa shape index (κ1) is 14.3. The maximum atomic E-state index is 12.2. The summed E-state index contributed by atoms with van der Waals surface area (Å²) >= 11 is 0. The van der Waals surface area contributed by atoms with Gasteiger partial charge < -0.3 is 4.74 Å². The molecule has 1 aliphatic rings. The van der Waals surface area contributed by atoms with E-state index in [1.54, 1.807) is 24.3 Å². The maximum absolute atomic E-state index is 12.2. The Morgan fingerprint density at radius 2 is 1.77 bits per heavy atom. The van der Waals surface area contributed by atoms with Gasteiger partial charge in [0.25, 0.3) is 0 Å². The summed E-state index contributed by atoms with van der Waals surface area (Å²) in [5.74, 6) is -0.294. The van der Waals surface area contributed by atoms with Crippen molar-refractivity contribution in [2.75, 3.05) is 0 Å². The molecule has 0 bridgehead atoms. The van der Waals surface area contributed by atoms with E-state index in [0.29, 0.717) is 11.1 Å². The van der Waals surface area contributed by atoms with E-state index in [1.807, 2.05) is 18.2 Å². The van der Waals surface area contributed by atoms with E-state index in [4.69, 9.17) is 10.00 Å². The van der Waals surface area contributed by atoms with E-state index in [0.717, 1.165) is 18.4 Å². The van der Waals surface area contributed by atoms with Crippen molar-refractivity contribution in [3.63, 3.8) is 0 Å². The first-order chi connectivity index (χ1) is 10.8. The smallest absolute Gasteiger partial charge is 0.338 e. The highest BCUT2D eigenvalue weighted by molar-refractivity contribution is 5.89. The second-order valence-electron chi connectivity index (χ2n) is 5.58. The van der Waals surface area contributed by atoms with Crippen LogP contribution in [0.4, 0.5) is 0 Å². The van der Waals surface area contributed by atoms with Gasteiger partial charge in [-0.1, -0.05) is 18.2 Å². The molecule has 0 saturated carbocycles. The summed E-state index contributed by atoms with van der Waals surface area (Å²) in [5, 5.41) is 8.76. The van der Waals surface area contributed by atoms with Crippen LogP contribution in [0.1, 0.15) is 45.5 Å². The Hall–Kier alpha value is -2.60. The molecule has 1 aliphatic carbocycles. The number of carbonyl (C=O) groups excluding carboxylic acids is 1. The largest absolute Gasteiger partial charge is 0.457 e. The lowest BCUT2D eigenvalue weighted by atomic mass is 9.90. The summed E-state index contributed by atoms with van der Waals surface area (Å²) < 4.78 is 5.36. The van der Waals surface area contributed by atoms with Crippen molar-refractivity contribution in [3.05, 3.63) is 70.3 Å². The molecule has 3 nitrogen and oxygen atoms in total. The highest BCUT2D eigenvalue weighted by Gasteiger charge is 2.13. The van der Waals surface area contributed by atoms with Gasteiger partial charge in [-0.3, -0.25) is 0 Å². The highest BCUT2D eigenvalue weighted by Crippen LogP contribution is 2.22. The lowest BCUT2D eigenvalue weighted by molar-refractivity contribution is 0.0472. The Labute approximate surface area is 130 Å². The fourth-order valence-corrected chi connectivity index (χ4v) is 2.77. The minimum Gasteiger partial charge on any atom is -0.457 e. The molecule has 0 fully saturated rings. The number of nitrogens with zero attached hydrogens (tertiary/aromatic N) is 1. The second-order valence-corrected chi connectivity index (χ2v) is 5.58. The van der Waals surface area contributed by atoms with Gasteiger partial charge in [-0.25, -0.2) is 4.79 Å². The average molecular weight is 291 g/mol. The fraction of sp³-hybridized carbons (Fsp3) is 0.263. The summed E-state index contributed by atoms with van der Waals surface area (Å²) in [7, 11) is 0. The minimum atomic E-state index is -0.294. The highest BCUT2D eigenvalue weighted by atomic mass is 16.5. The zero-order chi connectivity index (χ0) is 15.4. The van der Waals surface area contributed by atoms with Gasteiger partial charge in [0.05, 0.1) is 17.2 Å². The van der Waals surface area contributed by atoms with Crippen LogP contribution in [-0.2, 0) is 24.2 Å². The van der Waals surface area contributed by atoms with Gasteiger partial charge in [-0.15, -0.1) is 0 Å². The van der Waals surface area contributed by atoms with E-state index < -0.39 is 0 Å². The quantitative estimate of drug-likeness (QED) is 0.808. The topological polar surface area (TPSA) is 50.1 Å². The van der Waals surface area contributed by atoms with Crippen LogP contribution in [0.15, 0.2) is 42.5 Å². The van der Waals surface area contributed by atoms with Crippen molar-refractivity contribution in [1.82, 2.24) is 0 Å². The number of nitriles is 1. The Kier molecular flexibility index (Phi) is 4.20. The van der Waals surface area contributed by atoms with Gasteiger partial charge in [0.2, 0.25) is 0 Å². The molecular formula is C19H17NO2. The van der Waals surface area contributed by atoms with E-state index in [2.05, 4.69) is 6.07 Å². The molecule has 0 heterocycles. The molecule has 110 valence electrons. The van der Waals surface area contributed by atoms with E-state index >= 15 is 0 Å². The number of carbonyl (C=O) groups is 1. The number of aryl methyl sites for hydroxylation is 2. The number of esters is 1. The van der Waals surface area contributed by atoms with Crippen LogP contribution in [0, 0.1) is 11.3 Å². The summed E-state index contributed by atoms with van der Waals surface area (Å²) in [4.78, 5) is 12.2. The van der Waals surface area contributed by atoms with Crippen LogP contribution in [0.3, 0.4) is 0 Å². The molecular weight excluding hydrogens is 274 g/mol. The lowest BCUT2D eigenvalue weighted by Crippen LogP contribution is -2.09. The SMILES string of the molecule is N#Cc1ccc(COC(=O)c2ccc3c(c2)CCCC3)cc1. The van der Waals surface area contributed by atoms with Crippen molar-refractivity contribution < 1.29 is 9.53 Å². The number of rotatable bonds is 3. The predicted molar refractivity (Wildman–Crippen MR) is 83.4 cm³/mol. The Morgan fingerprint density at radius 1 is 1.05 bits per heavy atom. The zero-order valence-electron chi connectivity index (χ0n) is 12.3. The summed E-state index contributed by atoms with van der Waals surface area (Å²) in [6.45, 7) is 0.224. The molecule has 2 aromatic carbocycles. The van der Waals surface area contributed by atoms with Crippen molar-refractivity contribution in [2.45, 2.75) is 32.3 Å². The third-order valence-electron chi connectivity index (χ3n) is 4.04. The normalized spacial score (nSPS) is 13.0. The molecule has 0 unspecified atom stereocenters. The van der Waals surface area contributed by atoms with Crippen LogP contribution >= 0.6 is 0 Å². The molecule has 2 aromatic rings. The van der Waals surface area contributed by atoms with E-state index in [9.17, 15) is 4.79 Å². The monoisotopic (exact) mass is 291 g/mol. The standard InChI is InChI=1S/C19H17NO2/c20-12-14-5-7-15(8-6-14)13-22-19(21)18-10-9-16-3-1-2-4-17(16)11-18/h5-11H,1-4,13H2. The minimum absolute atomic E-state index is 0.224. The van der Waals surface area contributed by atoms with Crippen molar-refractivity contribution in [1.29, 1.82) is 5.26 Å². The molecule has 0 aliphatic heterocycles. The number of hydrogen-bond acceptors (Lipinski definition) is 3. The molecule has 0 N–H and O–H groups in total. The van der Waals surface area contributed by atoms with Crippen LogP contribution in [0.25, 0.3) is 0 Å². The van der Waals surface area contributed by atoms with Crippen molar-refractivity contribution >= 4 is 5.97 Å². The maximum Gasteiger partial charge on any atom is 0.338 e. The second kappa shape index (κ2) is 6.44. The molecule has 0 aromatic heterocycles. The van der Waals surface area contributed by atoms with E-state index in [-0.39, 0.29) is 12.6 Å². The van der Waals surface area contributed by atoms with Gasteiger partial charge in [0.1, 0.15) is 6.61 Å². The average Bonchev–Trinajstić information content (AvgIpc) is 2.59. The van der Waals surface area contributed by atoms with Gasteiger partial charge in [0.15, 0.2) is 0 Å². The first-order valence-electron chi connectivity index (χ1n) is 7.54. The van der Waals surface area contributed by atoms with Gasteiger partial charge >= 0.3 is 5.97 Å². The molecule has 3 heteroatoms. The Morgan fingerprint density at radius 3 is 2.50 bits per heavy atom. The van der Waals surface area contributed by atoms with Crippen molar-refractivity contribution in [3.8, 4) is 6.07 Å².